The molecule has 0 aliphatic heterocycles. The van der Waals surface area contributed by atoms with Gasteiger partial charge in [0.25, 0.3) is 0 Å². The lowest BCUT2D eigenvalue weighted by Gasteiger charge is -2.13. The standard InChI is InChI=1S/C14H15BrN2O/c1-9-4-3-5-12(16)14(9)17-10-6-7-11(15)13(8-10)18-2/h3-8,17H,16H2,1-2H3. The van der Waals surface area contributed by atoms with Gasteiger partial charge in [-0.25, -0.2) is 0 Å². The average molecular weight is 307 g/mol. The number of halogens is 1. The number of benzene rings is 2. The Balaban J connectivity index is 2.34. The first-order chi connectivity index (χ1) is 8.61. The molecule has 2 aromatic rings. The Labute approximate surface area is 115 Å². The molecule has 0 spiro atoms. The molecular weight excluding hydrogens is 292 g/mol. The molecule has 0 aliphatic rings. The lowest BCUT2D eigenvalue weighted by molar-refractivity contribution is 0.412. The normalized spacial score (nSPS) is 10.2. The molecule has 0 amide bonds. The summed E-state index contributed by atoms with van der Waals surface area (Å²) in [4.78, 5) is 0. The molecule has 2 aromatic carbocycles. The molecule has 0 radical (unpaired) electrons. The van der Waals surface area contributed by atoms with Gasteiger partial charge in [-0.05, 0) is 46.6 Å². The minimum atomic E-state index is 0.733. The van der Waals surface area contributed by atoms with Crippen LogP contribution in [0.2, 0.25) is 0 Å². The van der Waals surface area contributed by atoms with Gasteiger partial charge >= 0.3 is 0 Å². The Bertz CT molecular complexity index is 549. The highest BCUT2D eigenvalue weighted by atomic mass is 79.9. The monoisotopic (exact) mass is 306 g/mol. The van der Waals surface area contributed by atoms with E-state index in [4.69, 9.17) is 10.5 Å². The maximum absolute atomic E-state index is 5.97. The largest absolute Gasteiger partial charge is 0.495 e. The van der Waals surface area contributed by atoms with Gasteiger partial charge in [-0.3, -0.25) is 0 Å². The maximum atomic E-state index is 5.97. The van der Waals surface area contributed by atoms with E-state index in [9.17, 15) is 0 Å². The van der Waals surface area contributed by atoms with Crippen LogP contribution in [0.4, 0.5) is 17.1 Å². The molecule has 4 heteroatoms. The number of methoxy groups -OCH3 is 1. The van der Waals surface area contributed by atoms with E-state index in [1.807, 2.05) is 43.3 Å². The van der Waals surface area contributed by atoms with Crippen LogP contribution in [-0.4, -0.2) is 7.11 Å². The van der Waals surface area contributed by atoms with E-state index in [2.05, 4.69) is 21.2 Å². The molecule has 0 saturated heterocycles. The quantitative estimate of drug-likeness (QED) is 0.840. The van der Waals surface area contributed by atoms with Crippen molar-refractivity contribution in [1.82, 2.24) is 0 Å². The van der Waals surface area contributed by atoms with Crippen molar-refractivity contribution in [3.8, 4) is 5.75 Å². The first-order valence-corrected chi connectivity index (χ1v) is 6.37. The van der Waals surface area contributed by atoms with Crippen LogP contribution in [0.15, 0.2) is 40.9 Å². The first-order valence-electron chi connectivity index (χ1n) is 5.57. The van der Waals surface area contributed by atoms with Crippen molar-refractivity contribution in [3.05, 3.63) is 46.4 Å². The molecule has 0 aromatic heterocycles. The Morgan fingerprint density at radius 2 is 2.00 bits per heavy atom. The highest BCUT2D eigenvalue weighted by Gasteiger charge is 2.05. The fourth-order valence-corrected chi connectivity index (χ4v) is 2.15. The van der Waals surface area contributed by atoms with Crippen LogP contribution in [0.3, 0.4) is 0 Å². The summed E-state index contributed by atoms with van der Waals surface area (Å²) in [6.07, 6.45) is 0. The second-order valence-corrected chi connectivity index (χ2v) is 4.87. The lowest BCUT2D eigenvalue weighted by atomic mass is 10.1. The summed E-state index contributed by atoms with van der Waals surface area (Å²) >= 11 is 3.43. The fraction of sp³-hybridized carbons (Fsp3) is 0.143. The van der Waals surface area contributed by atoms with Gasteiger partial charge in [-0.15, -0.1) is 0 Å². The van der Waals surface area contributed by atoms with Gasteiger partial charge in [0.1, 0.15) is 5.75 Å². The summed E-state index contributed by atoms with van der Waals surface area (Å²) in [5.41, 5.74) is 9.68. The van der Waals surface area contributed by atoms with Crippen molar-refractivity contribution < 1.29 is 4.74 Å². The number of anilines is 3. The molecule has 0 aliphatic carbocycles. The van der Waals surface area contributed by atoms with Crippen molar-refractivity contribution >= 4 is 33.0 Å². The number of hydrogen-bond donors (Lipinski definition) is 2. The molecule has 0 saturated carbocycles. The van der Waals surface area contributed by atoms with Crippen LogP contribution >= 0.6 is 15.9 Å². The van der Waals surface area contributed by atoms with Crippen molar-refractivity contribution in [1.29, 1.82) is 0 Å². The van der Waals surface area contributed by atoms with Crippen molar-refractivity contribution in [2.75, 3.05) is 18.2 Å². The molecule has 18 heavy (non-hydrogen) atoms. The molecule has 0 atom stereocenters. The number of hydrogen-bond acceptors (Lipinski definition) is 3. The Kier molecular flexibility index (Phi) is 3.77. The zero-order valence-corrected chi connectivity index (χ0v) is 11.9. The number of ether oxygens (including phenoxy) is 1. The van der Waals surface area contributed by atoms with Gasteiger partial charge in [-0.2, -0.15) is 0 Å². The number of para-hydroxylation sites is 1. The van der Waals surface area contributed by atoms with Crippen molar-refractivity contribution in [3.63, 3.8) is 0 Å². The fourth-order valence-electron chi connectivity index (χ4n) is 1.74. The number of rotatable bonds is 3. The molecule has 0 unspecified atom stereocenters. The van der Waals surface area contributed by atoms with E-state index in [0.717, 1.165) is 32.8 Å². The summed E-state index contributed by atoms with van der Waals surface area (Å²) in [5, 5.41) is 3.32. The summed E-state index contributed by atoms with van der Waals surface area (Å²) in [5.74, 6) is 0.784. The van der Waals surface area contributed by atoms with E-state index in [1.54, 1.807) is 7.11 Å². The summed E-state index contributed by atoms with van der Waals surface area (Å²) < 4.78 is 6.19. The molecule has 2 rings (SSSR count). The highest BCUT2D eigenvalue weighted by Crippen LogP contribution is 2.32. The van der Waals surface area contributed by atoms with Crippen LogP contribution in [0, 0.1) is 6.92 Å². The van der Waals surface area contributed by atoms with E-state index < -0.39 is 0 Å². The number of nitrogen functional groups attached to an aromatic ring is 1. The number of nitrogens with one attached hydrogen (secondary N) is 1. The first kappa shape index (κ1) is 12.8. The molecular formula is C14H15BrN2O. The van der Waals surface area contributed by atoms with Crippen LogP contribution in [0.25, 0.3) is 0 Å². The molecule has 3 N–H and O–H groups in total. The molecule has 0 heterocycles. The van der Waals surface area contributed by atoms with Crippen molar-refractivity contribution in [2.45, 2.75) is 6.92 Å². The van der Waals surface area contributed by atoms with E-state index >= 15 is 0 Å². The van der Waals surface area contributed by atoms with E-state index in [-0.39, 0.29) is 0 Å². The second kappa shape index (κ2) is 5.31. The minimum Gasteiger partial charge on any atom is -0.495 e. The Morgan fingerprint density at radius 1 is 1.22 bits per heavy atom. The Hall–Kier alpha value is -1.68. The lowest BCUT2D eigenvalue weighted by Crippen LogP contribution is -1.99. The maximum Gasteiger partial charge on any atom is 0.135 e. The highest BCUT2D eigenvalue weighted by molar-refractivity contribution is 9.10. The third-order valence-corrected chi connectivity index (χ3v) is 3.38. The topological polar surface area (TPSA) is 47.3 Å². The third-order valence-electron chi connectivity index (χ3n) is 2.73. The summed E-state index contributed by atoms with van der Waals surface area (Å²) in [7, 11) is 1.64. The number of aryl methyl sites for hydroxylation is 1. The van der Waals surface area contributed by atoms with Crippen LogP contribution in [0.5, 0.6) is 5.75 Å². The number of nitrogens with two attached hydrogens (primary N) is 1. The van der Waals surface area contributed by atoms with Gasteiger partial charge in [0, 0.05) is 11.8 Å². The van der Waals surface area contributed by atoms with Crippen LogP contribution < -0.4 is 15.8 Å². The van der Waals surface area contributed by atoms with Crippen LogP contribution in [-0.2, 0) is 0 Å². The van der Waals surface area contributed by atoms with Gasteiger partial charge in [0.2, 0.25) is 0 Å². The van der Waals surface area contributed by atoms with Gasteiger partial charge in [0.05, 0.1) is 23.0 Å². The molecule has 0 bridgehead atoms. The van der Waals surface area contributed by atoms with E-state index in [0.29, 0.717) is 0 Å². The van der Waals surface area contributed by atoms with Gasteiger partial charge in [-0.1, -0.05) is 12.1 Å². The summed E-state index contributed by atoms with van der Waals surface area (Å²) in [6, 6.07) is 11.7. The SMILES string of the molecule is COc1cc(Nc2c(C)cccc2N)ccc1Br. The smallest absolute Gasteiger partial charge is 0.135 e. The molecule has 94 valence electrons. The summed E-state index contributed by atoms with van der Waals surface area (Å²) in [6.45, 7) is 2.02. The van der Waals surface area contributed by atoms with E-state index in [1.165, 1.54) is 0 Å². The van der Waals surface area contributed by atoms with Crippen LogP contribution in [0.1, 0.15) is 5.56 Å². The third kappa shape index (κ3) is 2.59. The minimum absolute atomic E-state index is 0.733. The predicted molar refractivity (Wildman–Crippen MR) is 79.6 cm³/mol. The Morgan fingerprint density at radius 3 is 2.67 bits per heavy atom. The van der Waals surface area contributed by atoms with Gasteiger partial charge in [0.15, 0.2) is 0 Å². The van der Waals surface area contributed by atoms with Gasteiger partial charge < -0.3 is 15.8 Å². The van der Waals surface area contributed by atoms with Crippen molar-refractivity contribution in [2.24, 2.45) is 0 Å². The molecule has 3 nitrogen and oxygen atoms in total. The predicted octanol–water partition coefficient (Wildman–Crippen LogP) is 4.09. The molecule has 0 fully saturated rings. The zero-order chi connectivity index (χ0) is 13.1. The zero-order valence-electron chi connectivity index (χ0n) is 10.3. The second-order valence-electron chi connectivity index (χ2n) is 4.01. The average Bonchev–Trinajstić information content (AvgIpc) is 2.36.